The first-order valence-corrected chi connectivity index (χ1v) is 9.32. The summed E-state index contributed by atoms with van der Waals surface area (Å²) in [5, 5.41) is 21.4. The van der Waals surface area contributed by atoms with E-state index in [1.165, 1.54) is 6.07 Å². The third kappa shape index (κ3) is 5.45. The Hall–Kier alpha value is -2.57. The lowest BCUT2D eigenvalue weighted by molar-refractivity contribution is 0.283. The SMILES string of the molecule is OCCCCCNCc1nn(Cc2ccccc2F)nc1-c1ccccc1. The second-order valence-corrected chi connectivity index (χ2v) is 6.44. The maximum absolute atomic E-state index is 14.0. The van der Waals surface area contributed by atoms with Gasteiger partial charge < -0.3 is 10.4 Å². The Morgan fingerprint density at radius 1 is 0.926 bits per heavy atom. The fourth-order valence-corrected chi connectivity index (χ4v) is 2.92. The lowest BCUT2D eigenvalue weighted by Crippen LogP contribution is -2.16. The molecule has 0 saturated carbocycles. The van der Waals surface area contributed by atoms with Crippen LogP contribution in [0.2, 0.25) is 0 Å². The van der Waals surface area contributed by atoms with Crippen molar-refractivity contribution in [2.24, 2.45) is 0 Å². The molecular weight excluding hydrogens is 343 g/mol. The van der Waals surface area contributed by atoms with Gasteiger partial charge in [0.25, 0.3) is 0 Å². The van der Waals surface area contributed by atoms with Crippen molar-refractivity contribution in [1.29, 1.82) is 0 Å². The summed E-state index contributed by atoms with van der Waals surface area (Å²) >= 11 is 0. The predicted octanol–water partition coefficient (Wildman–Crippen LogP) is 3.38. The van der Waals surface area contributed by atoms with E-state index in [0.717, 1.165) is 42.8 Å². The molecule has 0 aliphatic rings. The molecule has 0 fully saturated rings. The van der Waals surface area contributed by atoms with Gasteiger partial charge >= 0.3 is 0 Å². The number of nitrogens with zero attached hydrogens (tertiary/aromatic N) is 3. The number of unbranched alkanes of at least 4 members (excludes halogenated alkanes) is 2. The summed E-state index contributed by atoms with van der Waals surface area (Å²) in [5.74, 6) is -0.250. The molecule has 1 heterocycles. The fourth-order valence-electron chi connectivity index (χ4n) is 2.92. The molecule has 0 bridgehead atoms. The largest absolute Gasteiger partial charge is 0.396 e. The Morgan fingerprint density at radius 2 is 1.70 bits per heavy atom. The van der Waals surface area contributed by atoms with E-state index < -0.39 is 0 Å². The summed E-state index contributed by atoms with van der Waals surface area (Å²) in [4.78, 5) is 1.56. The lowest BCUT2D eigenvalue weighted by atomic mass is 10.1. The second kappa shape index (κ2) is 9.94. The quantitative estimate of drug-likeness (QED) is 0.539. The van der Waals surface area contributed by atoms with Gasteiger partial charge in [-0.3, -0.25) is 0 Å². The summed E-state index contributed by atoms with van der Waals surface area (Å²) in [5.41, 5.74) is 3.22. The third-order valence-corrected chi connectivity index (χ3v) is 4.35. The zero-order valence-corrected chi connectivity index (χ0v) is 15.3. The highest BCUT2D eigenvalue weighted by Crippen LogP contribution is 2.20. The van der Waals surface area contributed by atoms with Gasteiger partial charge in [-0.15, -0.1) is 0 Å². The van der Waals surface area contributed by atoms with E-state index in [2.05, 4.69) is 15.5 Å². The summed E-state index contributed by atoms with van der Waals surface area (Å²) in [6, 6.07) is 16.6. The summed E-state index contributed by atoms with van der Waals surface area (Å²) < 4.78 is 14.0. The standard InChI is InChI=1S/C21H25FN4O/c22-19-12-6-5-11-18(19)16-26-24-20(15-23-13-7-2-8-14-27)21(25-26)17-9-3-1-4-10-17/h1,3-6,9-12,23,27H,2,7-8,13-16H2. The topological polar surface area (TPSA) is 63.0 Å². The van der Waals surface area contributed by atoms with Crippen LogP contribution in [0.5, 0.6) is 0 Å². The maximum atomic E-state index is 14.0. The molecule has 0 radical (unpaired) electrons. The van der Waals surface area contributed by atoms with Crippen LogP contribution >= 0.6 is 0 Å². The Bertz CT molecular complexity index is 835. The molecule has 0 saturated heterocycles. The maximum Gasteiger partial charge on any atom is 0.128 e. The molecular formula is C21H25FN4O. The van der Waals surface area contributed by atoms with Crippen LogP contribution in [-0.4, -0.2) is 33.3 Å². The van der Waals surface area contributed by atoms with Crippen LogP contribution in [0.1, 0.15) is 30.5 Å². The number of rotatable bonds is 10. The highest BCUT2D eigenvalue weighted by molar-refractivity contribution is 5.60. The van der Waals surface area contributed by atoms with Gasteiger partial charge in [-0.25, -0.2) is 4.39 Å². The van der Waals surface area contributed by atoms with Crippen molar-refractivity contribution in [3.05, 3.63) is 71.7 Å². The molecule has 3 rings (SSSR count). The number of nitrogens with one attached hydrogen (secondary N) is 1. The van der Waals surface area contributed by atoms with Crippen LogP contribution in [0.3, 0.4) is 0 Å². The van der Waals surface area contributed by atoms with E-state index in [9.17, 15) is 4.39 Å². The van der Waals surface area contributed by atoms with Crippen LogP contribution in [-0.2, 0) is 13.1 Å². The minimum Gasteiger partial charge on any atom is -0.396 e. The molecule has 2 aromatic carbocycles. The van der Waals surface area contributed by atoms with E-state index in [4.69, 9.17) is 5.11 Å². The van der Waals surface area contributed by atoms with Crippen molar-refractivity contribution in [2.45, 2.75) is 32.4 Å². The van der Waals surface area contributed by atoms with Crippen molar-refractivity contribution < 1.29 is 9.50 Å². The van der Waals surface area contributed by atoms with E-state index in [-0.39, 0.29) is 12.4 Å². The molecule has 0 unspecified atom stereocenters. The molecule has 3 aromatic rings. The summed E-state index contributed by atoms with van der Waals surface area (Å²) in [6.07, 6.45) is 2.83. The van der Waals surface area contributed by atoms with E-state index in [0.29, 0.717) is 18.7 Å². The first-order chi connectivity index (χ1) is 13.3. The van der Waals surface area contributed by atoms with E-state index >= 15 is 0 Å². The zero-order chi connectivity index (χ0) is 18.9. The van der Waals surface area contributed by atoms with Crippen molar-refractivity contribution >= 4 is 0 Å². The van der Waals surface area contributed by atoms with Crippen molar-refractivity contribution in [1.82, 2.24) is 20.3 Å². The number of benzene rings is 2. The van der Waals surface area contributed by atoms with Crippen LogP contribution in [0.15, 0.2) is 54.6 Å². The van der Waals surface area contributed by atoms with Gasteiger partial charge in [-0.05, 0) is 31.9 Å². The van der Waals surface area contributed by atoms with Gasteiger partial charge in [0.05, 0.1) is 6.54 Å². The number of aliphatic hydroxyl groups excluding tert-OH is 1. The number of hydrogen-bond donors (Lipinski definition) is 2. The normalized spacial score (nSPS) is 11.0. The van der Waals surface area contributed by atoms with Gasteiger partial charge in [0.15, 0.2) is 0 Å². The van der Waals surface area contributed by atoms with Gasteiger partial charge in [-0.1, -0.05) is 48.5 Å². The average Bonchev–Trinajstić information content (AvgIpc) is 3.10. The first kappa shape index (κ1) is 19.2. The van der Waals surface area contributed by atoms with Crippen LogP contribution in [0.25, 0.3) is 11.3 Å². The number of aromatic nitrogens is 3. The zero-order valence-electron chi connectivity index (χ0n) is 15.3. The molecule has 2 N–H and O–H groups in total. The highest BCUT2D eigenvalue weighted by atomic mass is 19.1. The molecule has 6 heteroatoms. The molecule has 5 nitrogen and oxygen atoms in total. The van der Waals surface area contributed by atoms with E-state index in [1.54, 1.807) is 16.9 Å². The monoisotopic (exact) mass is 368 g/mol. The smallest absolute Gasteiger partial charge is 0.128 e. The highest BCUT2D eigenvalue weighted by Gasteiger charge is 2.14. The second-order valence-electron chi connectivity index (χ2n) is 6.44. The van der Waals surface area contributed by atoms with Gasteiger partial charge in [0.1, 0.15) is 17.2 Å². The predicted molar refractivity (Wildman–Crippen MR) is 104 cm³/mol. The van der Waals surface area contributed by atoms with Gasteiger partial charge in [0.2, 0.25) is 0 Å². The molecule has 27 heavy (non-hydrogen) atoms. The Morgan fingerprint density at radius 3 is 2.48 bits per heavy atom. The molecule has 0 atom stereocenters. The van der Waals surface area contributed by atoms with Crippen LogP contribution in [0, 0.1) is 5.82 Å². The molecule has 0 aliphatic carbocycles. The third-order valence-electron chi connectivity index (χ3n) is 4.35. The van der Waals surface area contributed by atoms with Crippen molar-refractivity contribution in [3.63, 3.8) is 0 Å². The van der Waals surface area contributed by atoms with Gasteiger partial charge in [-0.2, -0.15) is 15.0 Å². The summed E-state index contributed by atoms with van der Waals surface area (Å²) in [7, 11) is 0. The lowest BCUT2D eigenvalue weighted by Gasteiger charge is -2.04. The Kier molecular flexibility index (Phi) is 7.07. The first-order valence-electron chi connectivity index (χ1n) is 9.32. The molecule has 0 spiro atoms. The van der Waals surface area contributed by atoms with Crippen molar-refractivity contribution in [3.8, 4) is 11.3 Å². The minimum atomic E-state index is -0.250. The van der Waals surface area contributed by atoms with Crippen LogP contribution in [0.4, 0.5) is 4.39 Å². The van der Waals surface area contributed by atoms with Gasteiger partial charge in [0, 0.05) is 24.3 Å². The molecule has 0 amide bonds. The van der Waals surface area contributed by atoms with E-state index in [1.807, 2.05) is 36.4 Å². The minimum absolute atomic E-state index is 0.239. The summed E-state index contributed by atoms with van der Waals surface area (Å²) in [6.45, 7) is 1.99. The molecule has 1 aromatic heterocycles. The Balaban J connectivity index is 1.74. The average molecular weight is 368 g/mol. The number of aliphatic hydroxyl groups is 1. The number of halogens is 1. The molecule has 0 aliphatic heterocycles. The Labute approximate surface area is 158 Å². The van der Waals surface area contributed by atoms with Crippen LogP contribution < -0.4 is 5.32 Å². The van der Waals surface area contributed by atoms with Crippen molar-refractivity contribution in [2.75, 3.05) is 13.2 Å². The fraction of sp³-hybridized carbons (Fsp3) is 0.333. The molecule has 142 valence electrons. The number of hydrogen-bond acceptors (Lipinski definition) is 4.